The quantitative estimate of drug-likeness (QED) is 0.215. The summed E-state index contributed by atoms with van der Waals surface area (Å²) in [5.41, 5.74) is 6.48. The Hall–Kier alpha value is -3.47. The molecule has 0 aliphatic heterocycles. The SMILES string of the molecule is CC(C)CC(NC(=O)C(N)CCC(=O)O)C(=O)NC(Cc1ccccc1)C(=O)NCC(=O)O. The van der Waals surface area contributed by atoms with Crippen molar-refractivity contribution < 1.29 is 34.2 Å². The number of hydrogen-bond donors (Lipinski definition) is 6. The smallest absolute Gasteiger partial charge is 0.322 e. The predicted octanol–water partition coefficient (Wildman–Crippen LogP) is -0.362. The summed E-state index contributed by atoms with van der Waals surface area (Å²) in [7, 11) is 0. The van der Waals surface area contributed by atoms with E-state index in [2.05, 4.69) is 16.0 Å². The maximum Gasteiger partial charge on any atom is 0.322 e. The first-order chi connectivity index (χ1) is 15.5. The molecule has 0 radical (unpaired) electrons. The molecule has 1 aromatic rings. The van der Waals surface area contributed by atoms with Gasteiger partial charge in [-0.1, -0.05) is 44.2 Å². The lowest BCUT2D eigenvalue weighted by atomic mass is 10.0. The summed E-state index contributed by atoms with van der Waals surface area (Å²) < 4.78 is 0. The molecule has 3 amide bonds. The lowest BCUT2D eigenvalue weighted by Gasteiger charge is -2.25. The number of benzene rings is 1. The first kappa shape index (κ1) is 27.6. The molecule has 7 N–H and O–H groups in total. The summed E-state index contributed by atoms with van der Waals surface area (Å²) in [4.78, 5) is 59.5. The molecule has 0 aromatic heterocycles. The Morgan fingerprint density at radius 1 is 0.879 bits per heavy atom. The summed E-state index contributed by atoms with van der Waals surface area (Å²) >= 11 is 0. The molecule has 0 spiro atoms. The molecule has 11 heteroatoms. The highest BCUT2D eigenvalue weighted by atomic mass is 16.4. The fourth-order valence-electron chi connectivity index (χ4n) is 3.01. The van der Waals surface area contributed by atoms with E-state index in [0.29, 0.717) is 0 Å². The minimum Gasteiger partial charge on any atom is -0.481 e. The molecule has 33 heavy (non-hydrogen) atoms. The van der Waals surface area contributed by atoms with Crippen LogP contribution in [-0.4, -0.2) is 64.5 Å². The number of nitrogens with one attached hydrogen (secondary N) is 3. The largest absolute Gasteiger partial charge is 0.481 e. The molecule has 0 fully saturated rings. The van der Waals surface area contributed by atoms with Crippen LogP contribution >= 0.6 is 0 Å². The van der Waals surface area contributed by atoms with Crippen molar-refractivity contribution in [1.29, 1.82) is 0 Å². The number of carbonyl (C=O) groups is 5. The van der Waals surface area contributed by atoms with Crippen LogP contribution in [0.15, 0.2) is 30.3 Å². The van der Waals surface area contributed by atoms with Gasteiger partial charge in [-0.2, -0.15) is 0 Å². The van der Waals surface area contributed by atoms with Gasteiger partial charge in [0.25, 0.3) is 0 Å². The zero-order chi connectivity index (χ0) is 25.0. The Morgan fingerprint density at radius 3 is 2.03 bits per heavy atom. The molecule has 182 valence electrons. The average molecular weight is 465 g/mol. The van der Waals surface area contributed by atoms with E-state index in [9.17, 15) is 24.0 Å². The van der Waals surface area contributed by atoms with Crippen molar-refractivity contribution >= 4 is 29.7 Å². The molecule has 11 nitrogen and oxygen atoms in total. The van der Waals surface area contributed by atoms with Crippen LogP contribution in [-0.2, 0) is 30.4 Å². The highest BCUT2D eigenvalue weighted by Gasteiger charge is 2.29. The van der Waals surface area contributed by atoms with E-state index in [4.69, 9.17) is 15.9 Å². The lowest BCUT2D eigenvalue weighted by Crippen LogP contribution is -2.56. The Bertz CT molecular complexity index is 829. The van der Waals surface area contributed by atoms with Gasteiger partial charge in [-0.25, -0.2) is 0 Å². The fraction of sp³-hybridized carbons (Fsp3) is 0.500. The van der Waals surface area contributed by atoms with Gasteiger partial charge in [0, 0.05) is 12.8 Å². The van der Waals surface area contributed by atoms with E-state index in [-0.39, 0.29) is 31.6 Å². The third kappa shape index (κ3) is 11.1. The summed E-state index contributed by atoms with van der Waals surface area (Å²) in [5, 5.41) is 25.0. The van der Waals surface area contributed by atoms with Crippen molar-refractivity contribution in [1.82, 2.24) is 16.0 Å². The van der Waals surface area contributed by atoms with E-state index in [1.165, 1.54) is 0 Å². The minimum absolute atomic E-state index is 0.00436. The van der Waals surface area contributed by atoms with Crippen LogP contribution in [0.5, 0.6) is 0 Å². The molecule has 0 saturated heterocycles. The molecule has 0 heterocycles. The maximum atomic E-state index is 13.0. The molecular weight excluding hydrogens is 432 g/mol. The van der Waals surface area contributed by atoms with Gasteiger partial charge in [-0.05, 0) is 24.3 Å². The van der Waals surface area contributed by atoms with Crippen molar-refractivity contribution in [3.05, 3.63) is 35.9 Å². The second-order valence-corrected chi connectivity index (χ2v) is 8.09. The topological polar surface area (TPSA) is 188 Å². The monoisotopic (exact) mass is 464 g/mol. The van der Waals surface area contributed by atoms with Crippen molar-refractivity contribution in [3.8, 4) is 0 Å². The van der Waals surface area contributed by atoms with E-state index in [0.717, 1.165) is 5.56 Å². The summed E-state index contributed by atoms with van der Waals surface area (Å²) in [6.07, 6.45) is -0.0273. The van der Waals surface area contributed by atoms with Gasteiger partial charge in [0.2, 0.25) is 17.7 Å². The van der Waals surface area contributed by atoms with Gasteiger partial charge in [-0.15, -0.1) is 0 Å². The van der Waals surface area contributed by atoms with E-state index >= 15 is 0 Å². The summed E-state index contributed by atoms with van der Waals surface area (Å²) in [6.45, 7) is 3.08. The molecule has 0 saturated carbocycles. The molecule has 3 unspecified atom stereocenters. The van der Waals surface area contributed by atoms with Crippen molar-refractivity contribution in [2.24, 2.45) is 11.7 Å². The third-order valence-corrected chi connectivity index (χ3v) is 4.68. The molecule has 1 rings (SSSR count). The van der Waals surface area contributed by atoms with Crippen LogP contribution in [0.2, 0.25) is 0 Å². The zero-order valence-corrected chi connectivity index (χ0v) is 18.7. The lowest BCUT2D eigenvalue weighted by molar-refractivity contribution is -0.139. The third-order valence-electron chi connectivity index (χ3n) is 4.68. The number of rotatable bonds is 14. The second-order valence-electron chi connectivity index (χ2n) is 8.09. The van der Waals surface area contributed by atoms with Crippen LogP contribution in [0.3, 0.4) is 0 Å². The second kappa shape index (κ2) is 13.8. The summed E-state index contributed by atoms with van der Waals surface area (Å²) in [5.74, 6) is -4.30. The number of nitrogens with two attached hydrogens (primary N) is 1. The standard InChI is InChI=1S/C22H32N4O7/c1-13(2)10-16(25-20(31)15(23)8-9-18(27)28)22(33)26-17(21(32)24-12-19(29)30)11-14-6-4-3-5-7-14/h3-7,13,15-17H,8-12,23H2,1-2H3,(H,24,32)(H,25,31)(H,26,33)(H,27,28)(H,29,30). The van der Waals surface area contributed by atoms with E-state index < -0.39 is 54.3 Å². The first-order valence-electron chi connectivity index (χ1n) is 10.6. The Balaban J connectivity index is 2.95. The molecule has 0 aliphatic rings. The number of hydrogen-bond acceptors (Lipinski definition) is 6. The number of aliphatic carboxylic acids is 2. The highest BCUT2D eigenvalue weighted by molar-refractivity contribution is 5.93. The fourth-order valence-corrected chi connectivity index (χ4v) is 3.01. The highest BCUT2D eigenvalue weighted by Crippen LogP contribution is 2.09. The van der Waals surface area contributed by atoms with Gasteiger partial charge in [0.05, 0.1) is 6.04 Å². The number of carbonyl (C=O) groups excluding carboxylic acids is 3. The molecule has 3 atom stereocenters. The number of carboxylic acid groups (broad SMARTS) is 2. The molecule has 0 bridgehead atoms. The van der Waals surface area contributed by atoms with E-state index in [1.807, 2.05) is 13.8 Å². The average Bonchev–Trinajstić information content (AvgIpc) is 2.74. The molecular formula is C22H32N4O7. The van der Waals surface area contributed by atoms with Crippen LogP contribution in [0, 0.1) is 5.92 Å². The van der Waals surface area contributed by atoms with Crippen LogP contribution in [0.25, 0.3) is 0 Å². The Kier molecular flexibility index (Phi) is 11.6. The number of carboxylic acids is 2. The molecule has 1 aromatic carbocycles. The van der Waals surface area contributed by atoms with Crippen molar-refractivity contribution in [2.75, 3.05) is 6.54 Å². The normalized spacial score (nSPS) is 13.5. The number of amides is 3. The summed E-state index contributed by atoms with van der Waals surface area (Å²) in [6, 6.07) is 5.65. The van der Waals surface area contributed by atoms with Crippen LogP contribution in [0.4, 0.5) is 0 Å². The van der Waals surface area contributed by atoms with Gasteiger partial charge >= 0.3 is 11.9 Å². The Morgan fingerprint density at radius 2 is 1.48 bits per heavy atom. The predicted molar refractivity (Wildman–Crippen MR) is 119 cm³/mol. The van der Waals surface area contributed by atoms with Crippen molar-refractivity contribution in [2.45, 2.75) is 57.7 Å². The van der Waals surface area contributed by atoms with Gasteiger partial charge in [-0.3, -0.25) is 24.0 Å². The van der Waals surface area contributed by atoms with Crippen molar-refractivity contribution in [3.63, 3.8) is 0 Å². The minimum atomic E-state index is -1.23. The first-order valence-corrected chi connectivity index (χ1v) is 10.6. The van der Waals surface area contributed by atoms with Gasteiger partial charge < -0.3 is 31.9 Å². The van der Waals surface area contributed by atoms with E-state index in [1.54, 1.807) is 30.3 Å². The van der Waals surface area contributed by atoms with Crippen LogP contribution in [0.1, 0.15) is 38.7 Å². The Labute approximate surface area is 192 Å². The van der Waals surface area contributed by atoms with Crippen LogP contribution < -0.4 is 21.7 Å². The van der Waals surface area contributed by atoms with Gasteiger partial charge in [0.15, 0.2) is 0 Å². The van der Waals surface area contributed by atoms with Gasteiger partial charge in [0.1, 0.15) is 18.6 Å². The molecule has 0 aliphatic carbocycles. The maximum absolute atomic E-state index is 13.0. The zero-order valence-electron chi connectivity index (χ0n) is 18.7.